The SMILES string of the molecule is CNC(c1cnc2ccsc2c1)C(C)C. The van der Waals surface area contributed by atoms with Gasteiger partial charge in [-0.1, -0.05) is 13.8 Å². The summed E-state index contributed by atoms with van der Waals surface area (Å²) in [4.78, 5) is 4.46. The molecule has 0 aliphatic rings. The van der Waals surface area contributed by atoms with Crippen LogP contribution in [0, 0.1) is 5.92 Å². The highest BCUT2D eigenvalue weighted by Crippen LogP contribution is 2.26. The van der Waals surface area contributed by atoms with Gasteiger partial charge in [0.2, 0.25) is 0 Å². The van der Waals surface area contributed by atoms with Gasteiger partial charge in [-0.05, 0) is 36.0 Å². The Morgan fingerprint density at radius 3 is 2.87 bits per heavy atom. The number of nitrogens with one attached hydrogen (secondary N) is 1. The molecule has 0 fully saturated rings. The summed E-state index contributed by atoms with van der Waals surface area (Å²) in [5, 5.41) is 5.43. The lowest BCUT2D eigenvalue weighted by Gasteiger charge is -2.20. The van der Waals surface area contributed by atoms with E-state index in [1.807, 2.05) is 13.2 Å². The number of fused-ring (bicyclic) bond motifs is 1. The Morgan fingerprint density at radius 2 is 2.20 bits per heavy atom. The maximum atomic E-state index is 4.46. The van der Waals surface area contributed by atoms with Crippen LogP contribution in [0.1, 0.15) is 25.5 Å². The number of pyridine rings is 1. The summed E-state index contributed by atoms with van der Waals surface area (Å²) in [6.45, 7) is 4.44. The second-order valence-corrected chi connectivity index (χ2v) is 5.03. The third kappa shape index (κ3) is 2.03. The van der Waals surface area contributed by atoms with Gasteiger partial charge >= 0.3 is 0 Å². The normalized spacial score (nSPS) is 13.6. The van der Waals surface area contributed by atoms with Crippen LogP contribution in [0.15, 0.2) is 23.7 Å². The van der Waals surface area contributed by atoms with E-state index in [0.29, 0.717) is 12.0 Å². The Hall–Kier alpha value is -0.930. The Kier molecular flexibility index (Phi) is 3.03. The zero-order valence-electron chi connectivity index (χ0n) is 9.32. The minimum atomic E-state index is 0.393. The van der Waals surface area contributed by atoms with Crippen molar-refractivity contribution in [1.29, 1.82) is 0 Å². The number of aromatic nitrogens is 1. The van der Waals surface area contributed by atoms with Crippen molar-refractivity contribution >= 4 is 21.6 Å². The first-order valence-corrected chi connectivity index (χ1v) is 6.10. The molecule has 15 heavy (non-hydrogen) atoms. The van der Waals surface area contributed by atoms with E-state index < -0.39 is 0 Å². The van der Waals surface area contributed by atoms with Crippen molar-refractivity contribution in [3.63, 3.8) is 0 Å². The minimum Gasteiger partial charge on any atom is -0.313 e. The first-order chi connectivity index (χ1) is 7.22. The second-order valence-electron chi connectivity index (χ2n) is 4.08. The summed E-state index contributed by atoms with van der Waals surface area (Å²) in [5.74, 6) is 0.578. The molecule has 0 saturated heterocycles. The molecular formula is C12H16N2S. The van der Waals surface area contributed by atoms with Gasteiger partial charge in [-0.25, -0.2) is 0 Å². The van der Waals surface area contributed by atoms with E-state index in [-0.39, 0.29) is 0 Å². The molecule has 1 atom stereocenters. The molecule has 0 saturated carbocycles. The highest BCUT2D eigenvalue weighted by atomic mass is 32.1. The highest BCUT2D eigenvalue weighted by Gasteiger charge is 2.14. The van der Waals surface area contributed by atoms with E-state index in [4.69, 9.17) is 0 Å². The van der Waals surface area contributed by atoms with Crippen LogP contribution in [0.25, 0.3) is 10.2 Å². The Morgan fingerprint density at radius 1 is 1.40 bits per heavy atom. The molecule has 0 aromatic carbocycles. The summed E-state index contributed by atoms with van der Waals surface area (Å²) in [5.41, 5.74) is 2.38. The number of nitrogens with zero attached hydrogens (tertiary/aromatic N) is 1. The lowest BCUT2D eigenvalue weighted by atomic mass is 9.98. The Labute approximate surface area is 94.3 Å². The van der Waals surface area contributed by atoms with Crippen LogP contribution in [0.4, 0.5) is 0 Å². The maximum Gasteiger partial charge on any atom is 0.0809 e. The lowest BCUT2D eigenvalue weighted by molar-refractivity contribution is 0.442. The van der Waals surface area contributed by atoms with Crippen molar-refractivity contribution in [2.45, 2.75) is 19.9 Å². The Bertz CT molecular complexity index is 448. The van der Waals surface area contributed by atoms with Crippen LogP contribution >= 0.6 is 11.3 Å². The summed E-state index contributed by atoms with van der Waals surface area (Å²) in [6.07, 6.45) is 1.98. The molecule has 2 nitrogen and oxygen atoms in total. The molecule has 2 heterocycles. The number of hydrogen-bond donors (Lipinski definition) is 1. The van der Waals surface area contributed by atoms with Crippen molar-refractivity contribution in [3.05, 3.63) is 29.3 Å². The summed E-state index contributed by atoms with van der Waals surface area (Å²) in [7, 11) is 2.00. The van der Waals surface area contributed by atoms with Gasteiger partial charge < -0.3 is 5.32 Å². The molecule has 3 heteroatoms. The fourth-order valence-electron chi connectivity index (χ4n) is 1.92. The van der Waals surface area contributed by atoms with Gasteiger partial charge in [-0.15, -0.1) is 11.3 Å². The molecule has 2 rings (SSSR count). The molecule has 0 aliphatic heterocycles. The van der Waals surface area contributed by atoms with E-state index >= 15 is 0 Å². The average molecular weight is 220 g/mol. The fourth-order valence-corrected chi connectivity index (χ4v) is 2.71. The van der Waals surface area contributed by atoms with Crippen molar-refractivity contribution in [1.82, 2.24) is 10.3 Å². The van der Waals surface area contributed by atoms with Gasteiger partial charge in [0, 0.05) is 12.2 Å². The van der Waals surface area contributed by atoms with Crippen molar-refractivity contribution in [3.8, 4) is 0 Å². The van der Waals surface area contributed by atoms with Crippen LogP contribution in [0.5, 0.6) is 0 Å². The van der Waals surface area contributed by atoms with E-state index in [0.717, 1.165) is 5.52 Å². The zero-order chi connectivity index (χ0) is 10.8. The van der Waals surface area contributed by atoms with E-state index in [1.54, 1.807) is 11.3 Å². The van der Waals surface area contributed by atoms with Gasteiger partial charge in [0.1, 0.15) is 0 Å². The first kappa shape index (κ1) is 10.6. The largest absolute Gasteiger partial charge is 0.313 e. The summed E-state index contributed by atoms with van der Waals surface area (Å²) in [6, 6.07) is 4.70. The molecule has 2 aromatic heterocycles. The summed E-state index contributed by atoms with van der Waals surface area (Å²) < 4.78 is 1.27. The van der Waals surface area contributed by atoms with Gasteiger partial charge in [-0.2, -0.15) is 0 Å². The van der Waals surface area contributed by atoms with Gasteiger partial charge in [0.25, 0.3) is 0 Å². The fraction of sp³-hybridized carbons (Fsp3) is 0.417. The predicted molar refractivity (Wildman–Crippen MR) is 66.3 cm³/mol. The molecule has 1 unspecified atom stereocenters. The third-order valence-corrected chi connectivity index (χ3v) is 3.51. The number of hydrogen-bond acceptors (Lipinski definition) is 3. The number of rotatable bonds is 3. The smallest absolute Gasteiger partial charge is 0.0809 e. The molecule has 2 aromatic rings. The van der Waals surface area contributed by atoms with E-state index in [1.165, 1.54) is 10.3 Å². The minimum absolute atomic E-state index is 0.393. The second kappa shape index (κ2) is 4.29. The average Bonchev–Trinajstić information content (AvgIpc) is 2.65. The quantitative estimate of drug-likeness (QED) is 0.859. The molecule has 0 amide bonds. The third-order valence-electron chi connectivity index (χ3n) is 2.66. The molecular weight excluding hydrogens is 204 g/mol. The molecule has 80 valence electrons. The monoisotopic (exact) mass is 220 g/mol. The van der Waals surface area contributed by atoms with Crippen molar-refractivity contribution in [2.24, 2.45) is 5.92 Å². The lowest BCUT2D eigenvalue weighted by Crippen LogP contribution is -2.21. The number of thiophene rings is 1. The van der Waals surface area contributed by atoms with Crippen LogP contribution < -0.4 is 5.32 Å². The topological polar surface area (TPSA) is 24.9 Å². The first-order valence-electron chi connectivity index (χ1n) is 5.23. The van der Waals surface area contributed by atoms with Crippen molar-refractivity contribution < 1.29 is 0 Å². The zero-order valence-corrected chi connectivity index (χ0v) is 10.1. The summed E-state index contributed by atoms with van der Waals surface area (Å²) >= 11 is 1.75. The van der Waals surface area contributed by atoms with E-state index in [2.05, 4.69) is 41.7 Å². The van der Waals surface area contributed by atoms with Gasteiger partial charge in [0.15, 0.2) is 0 Å². The molecule has 0 spiro atoms. The van der Waals surface area contributed by atoms with E-state index in [9.17, 15) is 0 Å². The van der Waals surface area contributed by atoms with Crippen LogP contribution in [0.2, 0.25) is 0 Å². The molecule has 0 aliphatic carbocycles. The molecule has 0 bridgehead atoms. The van der Waals surface area contributed by atoms with Crippen molar-refractivity contribution in [2.75, 3.05) is 7.05 Å². The Balaban J connectivity index is 2.41. The maximum absolute atomic E-state index is 4.46. The molecule has 0 radical (unpaired) electrons. The standard InChI is InChI=1S/C12H16N2S/c1-8(2)12(13-3)9-6-11-10(14-7-9)4-5-15-11/h4-8,12-13H,1-3H3. The van der Waals surface area contributed by atoms with Gasteiger partial charge in [-0.3, -0.25) is 4.98 Å². The van der Waals surface area contributed by atoms with Crippen LogP contribution in [0.3, 0.4) is 0 Å². The predicted octanol–water partition coefficient (Wildman–Crippen LogP) is 3.21. The van der Waals surface area contributed by atoms with Crippen LogP contribution in [-0.4, -0.2) is 12.0 Å². The molecule has 1 N–H and O–H groups in total. The highest BCUT2D eigenvalue weighted by molar-refractivity contribution is 7.17. The van der Waals surface area contributed by atoms with Gasteiger partial charge in [0.05, 0.1) is 10.2 Å². The van der Waals surface area contributed by atoms with Crippen LogP contribution in [-0.2, 0) is 0 Å².